The van der Waals surface area contributed by atoms with E-state index in [0.29, 0.717) is 35.5 Å². The normalized spacial score (nSPS) is 22.6. The van der Waals surface area contributed by atoms with Crippen molar-refractivity contribution in [3.8, 4) is 0 Å². The third-order valence-electron chi connectivity index (χ3n) is 10.1. The second kappa shape index (κ2) is 18.7. The van der Waals surface area contributed by atoms with Crippen LogP contribution in [-0.2, 0) is 4.79 Å². The van der Waals surface area contributed by atoms with Crippen molar-refractivity contribution in [3.05, 3.63) is 91.7 Å². The molecule has 0 unspecified atom stereocenters. The van der Waals surface area contributed by atoms with Gasteiger partial charge in [-0.2, -0.15) is 0 Å². The van der Waals surface area contributed by atoms with Crippen LogP contribution in [0.2, 0.25) is 0 Å². The third kappa shape index (κ3) is 9.16. The minimum absolute atomic E-state index is 0. The summed E-state index contributed by atoms with van der Waals surface area (Å²) in [6, 6.07) is 0. The number of allylic oxidation sites excluding steroid dienone is 11. The van der Waals surface area contributed by atoms with Gasteiger partial charge in [-0.3, -0.25) is 0 Å². The van der Waals surface area contributed by atoms with Crippen LogP contribution in [0.3, 0.4) is 0 Å². The number of aliphatic hydroxyl groups excluding tert-OH is 1. The Morgan fingerprint density at radius 2 is 1.53 bits per heavy atom. The fourth-order valence-corrected chi connectivity index (χ4v) is 7.14. The van der Waals surface area contributed by atoms with Gasteiger partial charge in [-0.25, -0.2) is 15.0 Å². The number of carbonyl (C=O) groups is 1. The maximum atomic E-state index is 12.6. The molecule has 5 rings (SSSR count). The zero-order valence-electron chi connectivity index (χ0n) is 30.8. The van der Waals surface area contributed by atoms with Gasteiger partial charge in [-0.1, -0.05) is 40.0 Å². The summed E-state index contributed by atoms with van der Waals surface area (Å²) in [5, 5.41) is 41.8. The first kappa shape index (κ1) is 42.4. The zero-order valence-corrected chi connectivity index (χ0v) is 37.0. The Bertz CT molecular complexity index is 1730. The first-order valence-electron chi connectivity index (χ1n) is 17.0. The molecule has 250 valence electrons. The van der Waals surface area contributed by atoms with E-state index in [4.69, 9.17) is 15.0 Å². The molecule has 2 atom stereocenters. The van der Waals surface area contributed by atoms with E-state index in [1.165, 1.54) is 19.3 Å². The van der Waals surface area contributed by atoms with E-state index in [-0.39, 0.29) is 127 Å². The van der Waals surface area contributed by atoms with Crippen molar-refractivity contribution >= 4 is 23.1 Å². The summed E-state index contributed by atoms with van der Waals surface area (Å²) in [5.41, 5.74) is 11.8. The van der Waals surface area contributed by atoms with Crippen molar-refractivity contribution in [1.29, 1.82) is 0 Å². The van der Waals surface area contributed by atoms with Gasteiger partial charge in [0.15, 0.2) is 0 Å². The number of nitrogens with one attached hydrogen (secondary N) is 2. The van der Waals surface area contributed by atoms with Crippen LogP contribution in [0, 0.1) is 11.8 Å². The Morgan fingerprint density at radius 3 is 2.16 bits per heavy atom. The van der Waals surface area contributed by atoms with Crippen LogP contribution < -0.4 is 124 Å². The molecule has 11 heteroatoms. The number of nitrogens with zero attached hydrogens (tertiary/aromatic N) is 3. The topological polar surface area (TPSA) is 145 Å². The van der Waals surface area contributed by atoms with Crippen molar-refractivity contribution in [1.82, 2.24) is 10.6 Å². The second-order valence-electron chi connectivity index (χ2n) is 13.1. The van der Waals surface area contributed by atoms with Crippen LogP contribution in [-0.4, -0.2) is 41.3 Å². The number of aliphatic carboxylic acids is 1. The quantitative estimate of drug-likeness (QED) is 0.147. The predicted octanol–water partition coefficient (Wildman–Crippen LogP) is -0.700. The average Bonchev–Trinajstić information content (AvgIpc) is 3.71. The summed E-state index contributed by atoms with van der Waals surface area (Å²) >= 11 is 0. The summed E-state index contributed by atoms with van der Waals surface area (Å²) in [4.78, 5) is 26.7. The Balaban J connectivity index is 0.00000325. The number of hydrogen-bond acceptors (Lipinski definition) is 9. The fraction of sp³-hybridized carbons (Fsp3) is 0.474. The molecule has 0 aromatic heterocycles. The maximum Gasteiger partial charge on any atom is 1.00 e. The number of carboxylic acid groups (broad SMARTS) is 1. The minimum atomic E-state index is -1.11. The Labute approximate surface area is 376 Å². The monoisotopic (exact) mass is 715 g/mol. The van der Waals surface area contributed by atoms with Crippen LogP contribution in [0.1, 0.15) is 93.4 Å². The number of hydrogen-bond donors (Lipinski definition) is 3. The molecule has 5 aliphatic rings. The number of carbonyl (C=O) groups excluding carboxylic acids is 1. The van der Waals surface area contributed by atoms with E-state index < -0.39 is 11.9 Å². The van der Waals surface area contributed by atoms with Gasteiger partial charge in [0.05, 0.1) is 40.2 Å². The van der Waals surface area contributed by atoms with Gasteiger partial charge in [0.2, 0.25) is 0 Å². The molecular formula is C38H47K2N5O4. The van der Waals surface area contributed by atoms with Gasteiger partial charge in [0, 0.05) is 41.3 Å². The van der Waals surface area contributed by atoms with Crippen molar-refractivity contribution in [2.45, 2.75) is 93.4 Å². The van der Waals surface area contributed by atoms with Crippen LogP contribution in [0.15, 0.2) is 107 Å². The Kier molecular flexibility index (Phi) is 16.2. The van der Waals surface area contributed by atoms with Crippen molar-refractivity contribution in [3.63, 3.8) is 0 Å². The molecule has 0 aliphatic carbocycles. The largest absolute Gasteiger partial charge is 1.00 e. The van der Waals surface area contributed by atoms with Gasteiger partial charge in [0.1, 0.15) is 0 Å². The summed E-state index contributed by atoms with van der Waals surface area (Å²) in [5.74, 6) is -2.43. The molecule has 0 radical (unpaired) electrons. The number of fused-ring (bicyclic) bond motifs is 5. The van der Waals surface area contributed by atoms with Gasteiger partial charge >= 0.3 is 103 Å². The third-order valence-corrected chi connectivity index (χ3v) is 10.1. The van der Waals surface area contributed by atoms with E-state index in [1.54, 1.807) is 6.92 Å². The molecule has 5 heterocycles. The van der Waals surface area contributed by atoms with E-state index in [0.717, 1.165) is 75.9 Å². The van der Waals surface area contributed by atoms with Crippen molar-refractivity contribution in [2.75, 3.05) is 13.1 Å². The number of aliphatic imine (C=N–C) groups is 3. The molecule has 5 aliphatic heterocycles. The molecule has 1 fully saturated rings. The molecular weight excluding hydrogens is 669 g/mol. The summed E-state index contributed by atoms with van der Waals surface area (Å²) < 4.78 is 0. The molecule has 1 saturated heterocycles. The molecule has 0 amide bonds. The van der Waals surface area contributed by atoms with E-state index >= 15 is 0 Å². The van der Waals surface area contributed by atoms with Gasteiger partial charge in [-0.15, -0.1) is 0 Å². The zero-order chi connectivity index (χ0) is 34.0. The molecule has 0 aromatic carbocycles. The van der Waals surface area contributed by atoms with E-state index in [1.807, 2.05) is 13.0 Å². The van der Waals surface area contributed by atoms with Crippen molar-refractivity contribution < 1.29 is 123 Å². The van der Waals surface area contributed by atoms with Crippen LogP contribution in [0.5, 0.6) is 0 Å². The Hall–Kier alpha value is -0.967. The summed E-state index contributed by atoms with van der Waals surface area (Å²) in [6.45, 7) is 15.9. The summed E-state index contributed by atoms with van der Waals surface area (Å²) in [7, 11) is 0. The number of rotatable bonds is 11. The SMILES string of the molecule is CCCCCCNCC1=C(C)C2=NC1=CC1=NC(=CC3=C(C)/C(=C(/[O-])O)C(=N3)C(C)=C3NC(=C2)[C@@H](C)[C@@H]3CCC(=O)[O-])C(CC)=C1C.[K+].[K+]. The molecule has 0 saturated carbocycles. The molecule has 3 N–H and O–H groups in total. The fourth-order valence-electron chi connectivity index (χ4n) is 7.14. The minimum Gasteiger partial charge on any atom is -0.629 e. The standard InChI is InChI=1S/C38H49N5O4.2K/c1-8-10-11-12-15-39-19-27-22(5)28-16-30-21(4)26(13-14-34(44)45)36(42-30)24(7)37-35(38(46)47)23(6)31(43-37)18-32-25(9-2)20(3)29(40-32)17-33(27)41-28;;/h16-18,21,26,39,42,46-47H,8-15,19H2,1-7H3,(H,44,45);;/q;2*+1/p-2/t21-,26-;;/m0../s1. The van der Waals surface area contributed by atoms with Gasteiger partial charge in [0.25, 0.3) is 0 Å². The van der Waals surface area contributed by atoms with Crippen LogP contribution in [0.4, 0.5) is 0 Å². The van der Waals surface area contributed by atoms with E-state index in [2.05, 4.69) is 57.4 Å². The second-order valence-corrected chi connectivity index (χ2v) is 13.1. The molecule has 49 heavy (non-hydrogen) atoms. The first-order valence-corrected chi connectivity index (χ1v) is 17.0. The molecule has 8 bridgehead atoms. The van der Waals surface area contributed by atoms with Crippen LogP contribution in [0.25, 0.3) is 0 Å². The molecule has 0 spiro atoms. The number of aliphatic hydroxyl groups is 1. The number of unbranched alkanes of at least 4 members (excludes halogenated alkanes) is 3. The van der Waals surface area contributed by atoms with Crippen molar-refractivity contribution in [2.24, 2.45) is 26.8 Å². The first-order chi connectivity index (χ1) is 22.5. The average molecular weight is 716 g/mol. The maximum absolute atomic E-state index is 12.6. The van der Waals surface area contributed by atoms with Gasteiger partial charge < -0.3 is 30.7 Å². The Morgan fingerprint density at radius 1 is 0.878 bits per heavy atom. The van der Waals surface area contributed by atoms with E-state index in [9.17, 15) is 20.1 Å². The predicted molar refractivity (Wildman–Crippen MR) is 184 cm³/mol. The van der Waals surface area contributed by atoms with Crippen LogP contribution >= 0.6 is 0 Å². The smallest absolute Gasteiger partial charge is 0.629 e. The summed E-state index contributed by atoms with van der Waals surface area (Å²) in [6.07, 6.45) is 11.8. The van der Waals surface area contributed by atoms with Gasteiger partial charge in [-0.05, 0) is 112 Å². The number of carboxylic acids is 1. The molecule has 9 nitrogen and oxygen atoms in total. The molecule has 0 aromatic rings.